The number of alkyl halides is 3. The number of carbonyl (C=O) groups excluding carboxylic acids is 4. The van der Waals surface area contributed by atoms with Crippen LogP contribution in [0.2, 0.25) is 0 Å². The first-order chi connectivity index (χ1) is 24.5. The minimum absolute atomic E-state index is 0.0968. The molecular formula is C36H35BrF3N5O7. The molecule has 52 heavy (non-hydrogen) atoms. The maximum absolute atomic E-state index is 14.5. The highest BCUT2D eigenvalue weighted by Crippen LogP contribution is 2.38. The van der Waals surface area contributed by atoms with Crippen LogP contribution in [0.15, 0.2) is 83.3 Å². The fourth-order valence-corrected chi connectivity index (χ4v) is 5.77. The van der Waals surface area contributed by atoms with Crippen molar-refractivity contribution in [2.24, 2.45) is 0 Å². The van der Waals surface area contributed by atoms with Gasteiger partial charge in [0.1, 0.15) is 11.8 Å². The number of carbonyl (C=O) groups is 5. The van der Waals surface area contributed by atoms with Crippen LogP contribution >= 0.6 is 15.9 Å². The van der Waals surface area contributed by atoms with E-state index in [1.165, 1.54) is 11.8 Å². The number of nitrogens with one attached hydrogen (secondary N) is 3. The van der Waals surface area contributed by atoms with Gasteiger partial charge in [-0.15, -0.1) is 0 Å². The van der Waals surface area contributed by atoms with Crippen molar-refractivity contribution < 1.29 is 47.0 Å². The highest BCUT2D eigenvalue weighted by atomic mass is 79.9. The van der Waals surface area contributed by atoms with E-state index in [9.17, 15) is 32.3 Å². The van der Waals surface area contributed by atoms with Gasteiger partial charge in [-0.25, -0.2) is 4.79 Å². The van der Waals surface area contributed by atoms with Gasteiger partial charge in [-0.3, -0.25) is 19.2 Å². The van der Waals surface area contributed by atoms with E-state index in [1.54, 1.807) is 68.4 Å². The number of aliphatic carboxylic acids is 1. The number of carboxylic acid groups (broad SMARTS) is 1. The highest BCUT2D eigenvalue weighted by Gasteiger charge is 2.39. The summed E-state index contributed by atoms with van der Waals surface area (Å²) in [6, 6.07) is 21.8. The van der Waals surface area contributed by atoms with Crippen LogP contribution in [0.1, 0.15) is 29.8 Å². The number of benzene rings is 4. The molecule has 4 N–H and O–H groups in total. The number of carboxylic acids is 1. The molecule has 4 amide bonds. The first-order valence-corrected chi connectivity index (χ1v) is 16.5. The molecule has 0 radical (unpaired) electrons. The Balaban J connectivity index is 0.000000785. The van der Waals surface area contributed by atoms with E-state index in [2.05, 4.69) is 31.9 Å². The van der Waals surface area contributed by atoms with Gasteiger partial charge in [0.15, 0.2) is 0 Å². The zero-order chi connectivity index (χ0) is 38.3. The quantitative estimate of drug-likeness (QED) is 0.183. The third-order valence-corrected chi connectivity index (χ3v) is 8.56. The van der Waals surface area contributed by atoms with Gasteiger partial charge in [0.2, 0.25) is 11.8 Å². The van der Waals surface area contributed by atoms with Crippen LogP contribution in [0.5, 0.6) is 5.75 Å². The predicted molar refractivity (Wildman–Crippen MR) is 192 cm³/mol. The fraction of sp³-hybridized carbons (Fsp3) is 0.250. The van der Waals surface area contributed by atoms with Crippen LogP contribution in [0, 0.1) is 0 Å². The van der Waals surface area contributed by atoms with Gasteiger partial charge in [-0.1, -0.05) is 40.2 Å². The van der Waals surface area contributed by atoms with Crippen molar-refractivity contribution in [1.82, 2.24) is 10.6 Å². The maximum Gasteiger partial charge on any atom is 0.490 e. The van der Waals surface area contributed by atoms with Crippen molar-refractivity contribution in [3.05, 3.63) is 94.5 Å². The number of fused-ring (bicyclic) bond motifs is 2. The summed E-state index contributed by atoms with van der Waals surface area (Å²) in [5, 5.41) is 17.5. The third kappa shape index (κ3) is 9.24. The average molecular weight is 787 g/mol. The van der Waals surface area contributed by atoms with Crippen molar-refractivity contribution in [2.45, 2.75) is 38.7 Å². The van der Waals surface area contributed by atoms with Gasteiger partial charge < -0.3 is 35.6 Å². The van der Waals surface area contributed by atoms with E-state index in [0.29, 0.717) is 28.4 Å². The van der Waals surface area contributed by atoms with E-state index in [1.807, 2.05) is 36.4 Å². The standard InChI is InChI=1S/C34H34BrN5O5.C2HF3O2/c1-20(36-3)32(42)38-28-19-40(33(43)22-9-13-25(14-10-22)37-21(2)41)30-8-6-5-7-29(30)39(34(28)44)18-27-26-15-12-24(35)17-23(26)11-16-31(27)45-4;3-2(4,5)1(6)7/h5-17,20,28,36H,18-19H2,1-4H3,(H,37,41)(H,38,42);(H,6,7)/t20-,28-;/m0./s1. The van der Waals surface area contributed by atoms with Gasteiger partial charge in [-0.05, 0) is 79.3 Å². The monoisotopic (exact) mass is 785 g/mol. The summed E-state index contributed by atoms with van der Waals surface area (Å²) in [5.41, 5.74) is 2.73. The molecule has 274 valence electrons. The largest absolute Gasteiger partial charge is 0.496 e. The molecule has 0 saturated carbocycles. The summed E-state index contributed by atoms with van der Waals surface area (Å²) in [7, 11) is 3.24. The van der Waals surface area contributed by atoms with Crippen molar-refractivity contribution >= 4 is 73.4 Å². The predicted octanol–water partition coefficient (Wildman–Crippen LogP) is 5.49. The van der Waals surface area contributed by atoms with Crippen molar-refractivity contribution in [2.75, 3.05) is 35.8 Å². The number of hydrogen-bond donors (Lipinski definition) is 4. The summed E-state index contributed by atoms with van der Waals surface area (Å²) in [6.07, 6.45) is -5.08. The molecule has 1 heterocycles. The van der Waals surface area contributed by atoms with Crippen molar-refractivity contribution in [1.29, 1.82) is 0 Å². The van der Waals surface area contributed by atoms with Gasteiger partial charge in [-0.2, -0.15) is 13.2 Å². The zero-order valence-corrected chi connectivity index (χ0v) is 30.0. The number of rotatable bonds is 8. The lowest BCUT2D eigenvalue weighted by molar-refractivity contribution is -0.192. The van der Waals surface area contributed by atoms with E-state index in [4.69, 9.17) is 14.6 Å². The van der Waals surface area contributed by atoms with Crippen LogP contribution in [0.3, 0.4) is 0 Å². The molecule has 0 aromatic heterocycles. The first-order valence-electron chi connectivity index (χ1n) is 15.7. The Kier molecular flexibility index (Phi) is 12.6. The minimum Gasteiger partial charge on any atom is -0.496 e. The zero-order valence-electron chi connectivity index (χ0n) is 28.4. The maximum atomic E-state index is 14.5. The summed E-state index contributed by atoms with van der Waals surface area (Å²) in [6.45, 7) is 3.13. The lowest BCUT2D eigenvalue weighted by Gasteiger charge is -2.27. The van der Waals surface area contributed by atoms with Crippen molar-refractivity contribution in [3.63, 3.8) is 0 Å². The second-order valence-corrected chi connectivity index (χ2v) is 12.5. The number of nitrogens with zero attached hydrogens (tertiary/aromatic N) is 2. The minimum atomic E-state index is -5.08. The number of amides is 4. The number of methoxy groups -OCH3 is 1. The Morgan fingerprint density at radius 3 is 2.21 bits per heavy atom. The van der Waals surface area contributed by atoms with Crippen LogP contribution in [0.4, 0.5) is 30.2 Å². The molecule has 16 heteroatoms. The first kappa shape index (κ1) is 39.3. The van der Waals surface area contributed by atoms with Crippen LogP contribution in [-0.4, -0.2) is 73.7 Å². The number of halogens is 4. The fourth-order valence-electron chi connectivity index (χ4n) is 5.39. The Morgan fingerprint density at radius 1 is 1.00 bits per heavy atom. The average Bonchev–Trinajstić information content (AvgIpc) is 3.21. The van der Waals surface area contributed by atoms with Crippen molar-refractivity contribution in [3.8, 4) is 5.75 Å². The Labute approximate surface area is 305 Å². The third-order valence-electron chi connectivity index (χ3n) is 8.06. The summed E-state index contributed by atoms with van der Waals surface area (Å²) < 4.78 is 38.4. The Hall–Kier alpha value is -5.48. The molecule has 0 fully saturated rings. The molecule has 0 aliphatic carbocycles. The van der Waals surface area contributed by atoms with Gasteiger partial charge >= 0.3 is 12.1 Å². The molecule has 1 aliphatic rings. The molecule has 2 atom stereocenters. The number of hydrogen-bond acceptors (Lipinski definition) is 7. The Morgan fingerprint density at radius 2 is 1.63 bits per heavy atom. The van der Waals surface area contributed by atoms with Gasteiger partial charge in [0.25, 0.3) is 11.8 Å². The smallest absolute Gasteiger partial charge is 0.490 e. The Bertz CT molecular complexity index is 1990. The SMILES string of the molecule is CN[C@@H](C)C(=O)N[C@H]1CN(C(=O)c2ccc(NC(C)=O)cc2)c2ccccc2N(Cc2c(OC)ccc3cc(Br)ccc23)C1=O.O=C(O)C(F)(F)F. The molecule has 1 aliphatic heterocycles. The van der Waals surface area contributed by atoms with E-state index >= 15 is 0 Å². The lowest BCUT2D eigenvalue weighted by Crippen LogP contribution is -2.55. The normalized spacial score (nSPS) is 14.7. The molecule has 0 bridgehead atoms. The molecular weight excluding hydrogens is 751 g/mol. The second-order valence-electron chi connectivity index (χ2n) is 11.6. The topological polar surface area (TPSA) is 157 Å². The lowest BCUT2D eigenvalue weighted by atomic mass is 10.0. The number of ether oxygens (including phenoxy) is 1. The molecule has 5 rings (SSSR count). The van der Waals surface area contributed by atoms with Crippen LogP contribution < -0.4 is 30.5 Å². The van der Waals surface area contributed by atoms with E-state index < -0.39 is 24.2 Å². The summed E-state index contributed by atoms with van der Waals surface area (Å²) in [4.78, 5) is 65.2. The summed E-state index contributed by atoms with van der Waals surface area (Å²) >= 11 is 3.54. The molecule has 0 saturated heterocycles. The number of anilines is 3. The molecule has 0 unspecified atom stereocenters. The highest BCUT2D eigenvalue weighted by molar-refractivity contribution is 9.10. The van der Waals surface area contributed by atoms with Crippen LogP contribution in [-0.2, 0) is 25.7 Å². The molecule has 0 spiro atoms. The van der Waals surface area contributed by atoms with Gasteiger partial charge in [0.05, 0.1) is 37.6 Å². The second kappa shape index (κ2) is 16.7. The summed E-state index contributed by atoms with van der Waals surface area (Å²) in [5.74, 6) is -3.48. The number of likely N-dealkylation sites (N-methyl/N-ethyl adjacent to an activating group) is 1. The number of para-hydroxylation sites is 2. The van der Waals surface area contributed by atoms with Crippen LogP contribution in [0.25, 0.3) is 10.8 Å². The van der Waals surface area contributed by atoms with E-state index in [0.717, 1.165) is 20.8 Å². The van der Waals surface area contributed by atoms with E-state index in [-0.39, 0.29) is 36.7 Å². The molecule has 4 aromatic rings. The molecule has 4 aromatic carbocycles. The molecule has 12 nitrogen and oxygen atoms in total. The van der Waals surface area contributed by atoms with Gasteiger partial charge in [0, 0.05) is 28.2 Å².